The Balaban J connectivity index is 1.28. The van der Waals surface area contributed by atoms with Crippen molar-refractivity contribution in [2.24, 2.45) is 0 Å². The number of rotatable bonds is 7. The van der Waals surface area contributed by atoms with Crippen molar-refractivity contribution >= 4 is 40.9 Å². The molecule has 1 aliphatic rings. The van der Waals surface area contributed by atoms with Crippen molar-refractivity contribution < 1.29 is 28.7 Å². The molecule has 0 aromatic heterocycles. The van der Waals surface area contributed by atoms with Gasteiger partial charge in [0.25, 0.3) is 11.8 Å². The minimum Gasteiger partial charge on any atom is -0.444 e. The van der Waals surface area contributed by atoms with Gasteiger partial charge in [-0.25, -0.2) is 9.59 Å². The van der Waals surface area contributed by atoms with Crippen LogP contribution in [0.4, 0.5) is 21.0 Å². The number of carbonyl (C=O) groups excluding carboxylic acids is 4. The number of carbonyl (C=O) groups is 4. The fraction of sp³-hybridized carbons (Fsp3) is 0.351. The predicted molar refractivity (Wildman–Crippen MR) is 183 cm³/mol. The zero-order chi connectivity index (χ0) is 34.4. The summed E-state index contributed by atoms with van der Waals surface area (Å²) < 4.78 is 10.7. The number of nitrogens with zero attached hydrogens (tertiary/aromatic N) is 1. The van der Waals surface area contributed by atoms with Crippen molar-refractivity contribution in [2.45, 2.75) is 72.6 Å². The summed E-state index contributed by atoms with van der Waals surface area (Å²) in [7, 11) is 0. The first kappa shape index (κ1) is 34.7. The summed E-state index contributed by atoms with van der Waals surface area (Å²) >= 11 is 0. The average molecular weight is 641 g/mol. The first-order valence-electron chi connectivity index (χ1n) is 15.6. The number of alkyl carbamates (subject to hydrolysis) is 1. The van der Waals surface area contributed by atoms with Gasteiger partial charge in [0.2, 0.25) is 0 Å². The molecule has 10 heteroatoms. The maximum Gasteiger partial charge on any atom is 0.410 e. The monoisotopic (exact) mass is 640 g/mol. The van der Waals surface area contributed by atoms with Gasteiger partial charge in [0.05, 0.1) is 0 Å². The van der Waals surface area contributed by atoms with Crippen LogP contribution in [0.2, 0.25) is 0 Å². The van der Waals surface area contributed by atoms with Crippen LogP contribution in [0.3, 0.4) is 0 Å². The fourth-order valence-electron chi connectivity index (χ4n) is 4.88. The van der Waals surface area contributed by atoms with Gasteiger partial charge < -0.3 is 30.3 Å². The molecule has 3 N–H and O–H groups in total. The van der Waals surface area contributed by atoms with Crippen LogP contribution in [0.1, 0.15) is 85.4 Å². The molecule has 1 heterocycles. The van der Waals surface area contributed by atoms with Gasteiger partial charge in [-0.05, 0) is 126 Å². The molecule has 47 heavy (non-hydrogen) atoms. The van der Waals surface area contributed by atoms with E-state index in [0.29, 0.717) is 48.6 Å². The Labute approximate surface area is 276 Å². The van der Waals surface area contributed by atoms with E-state index in [2.05, 4.69) is 16.0 Å². The predicted octanol–water partition coefficient (Wildman–Crippen LogP) is 7.55. The standard InChI is InChI=1S/C37H44N4O6/c1-24-22-30(16-17-31(24)26-18-20-41(21-19-26)35(45)47-37(5,6)7)40-33(43)28-12-10-27(11-13-28)32(42)39-29-14-8-25(9-15-29)23-38-34(44)46-36(2,3)4/h8-18,22H,19-21,23H2,1-7H3,(H,38,44)(H,39,42)(H,40,43). The highest BCUT2D eigenvalue weighted by Crippen LogP contribution is 2.28. The molecule has 0 radical (unpaired) electrons. The molecule has 248 valence electrons. The second-order valence-electron chi connectivity index (χ2n) is 13.5. The van der Waals surface area contributed by atoms with Crippen LogP contribution in [-0.2, 0) is 16.0 Å². The number of nitrogens with one attached hydrogen (secondary N) is 3. The van der Waals surface area contributed by atoms with Gasteiger partial charge in [-0.1, -0.05) is 24.3 Å². The lowest BCUT2D eigenvalue weighted by molar-refractivity contribution is 0.0270. The van der Waals surface area contributed by atoms with Crippen molar-refractivity contribution in [3.05, 3.63) is 101 Å². The van der Waals surface area contributed by atoms with Gasteiger partial charge in [-0.3, -0.25) is 9.59 Å². The molecular weight excluding hydrogens is 596 g/mol. The molecule has 4 rings (SSSR count). The molecule has 0 saturated carbocycles. The van der Waals surface area contributed by atoms with Gasteiger partial charge in [-0.15, -0.1) is 0 Å². The van der Waals surface area contributed by atoms with Crippen molar-refractivity contribution in [2.75, 3.05) is 23.7 Å². The molecule has 0 bridgehead atoms. The summed E-state index contributed by atoms with van der Waals surface area (Å²) in [5.74, 6) is -0.599. The second kappa shape index (κ2) is 14.5. The van der Waals surface area contributed by atoms with Crippen LogP contribution in [0, 0.1) is 6.92 Å². The lowest BCUT2D eigenvalue weighted by Crippen LogP contribution is -2.39. The van der Waals surface area contributed by atoms with Gasteiger partial charge in [0, 0.05) is 42.1 Å². The van der Waals surface area contributed by atoms with Crippen LogP contribution in [-0.4, -0.2) is 53.2 Å². The third-order valence-corrected chi connectivity index (χ3v) is 7.15. The SMILES string of the molecule is Cc1cc(NC(=O)c2ccc(C(=O)Nc3ccc(CNC(=O)OC(C)(C)C)cc3)cc2)ccc1C1=CCN(C(=O)OC(C)(C)C)CC1. The minimum absolute atomic E-state index is 0.287. The lowest BCUT2D eigenvalue weighted by atomic mass is 9.95. The first-order valence-corrected chi connectivity index (χ1v) is 15.6. The van der Waals surface area contributed by atoms with E-state index in [1.165, 1.54) is 0 Å². The molecule has 0 aliphatic carbocycles. The average Bonchev–Trinajstić information content (AvgIpc) is 2.99. The number of anilines is 2. The molecule has 4 amide bonds. The normalized spacial score (nSPS) is 13.3. The van der Waals surface area contributed by atoms with Gasteiger partial charge in [0.1, 0.15) is 11.2 Å². The fourth-order valence-corrected chi connectivity index (χ4v) is 4.88. The van der Waals surface area contributed by atoms with E-state index < -0.39 is 17.3 Å². The highest BCUT2D eigenvalue weighted by Gasteiger charge is 2.24. The Kier molecular flexibility index (Phi) is 10.7. The maximum absolute atomic E-state index is 13.0. The summed E-state index contributed by atoms with van der Waals surface area (Å²) in [5.41, 5.74) is 5.08. The van der Waals surface area contributed by atoms with E-state index in [4.69, 9.17) is 9.47 Å². The van der Waals surface area contributed by atoms with Crippen LogP contribution in [0.25, 0.3) is 5.57 Å². The first-order chi connectivity index (χ1) is 22.1. The van der Waals surface area contributed by atoms with Crippen molar-refractivity contribution in [3.63, 3.8) is 0 Å². The summed E-state index contributed by atoms with van der Waals surface area (Å²) in [4.78, 5) is 51.7. The van der Waals surface area contributed by atoms with Crippen LogP contribution >= 0.6 is 0 Å². The molecule has 0 fully saturated rings. The number of benzene rings is 3. The third kappa shape index (κ3) is 10.5. The molecule has 3 aromatic carbocycles. The molecular formula is C37H44N4O6. The summed E-state index contributed by atoms with van der Waals surface area (Å²) in [6, 6.07) is 19.3. The van der Waals surface area contributed by atoms with E-state index in [-0.39, 0.29) is 17.9 Å². The molecule has 3 aromatic rings. The molecule has 0 saturated heterocycles. The largest absolute Gasteiger partial charge is 0.444 e. The van der Waals surface area contributed by atoms with Gasteiger partial charge in [-0.2, -0.15) is 0 Å². The number of ether oxygens (including phenoxy) is 2. The Bertz CT molecular complexity index is 1650. The van der Waals surface area contributed by atoms with E-state index in [1.54, 1.807) is 74.2 Å². The van der Waals surface area contributed by atoms with Gasteiger partial charge in [0.15, 0.2) is 0 Å². The van der Waals surface area contributed by atoms with Crippen LogP contribution < -0.4 is 16.0 Å². The number of hydrogen-bond acceptors (Lipinski definition) is 6. The number of amides is 4. The van der Waals surface area contributed by atoms with E-state index in [9.17, 15) is 19.2 Å². The Morgan fingerprint density at radius 2 is 1.30 bits per heavy atom. The summed E-state index contributed by atoms with van der Waals surface area (Å²) in [6.07, 6.45) is 1.95. The van der Waals surface area contributed by atoms with Crippen molar-refractivity contribution in [3.8, 4) is 0 Å². The zero-order valence-electron chi connectivity index (χ0n) is 28.2. The maximum atomic E-state index is 13.0. The van der Waals surface area contributed by atoms with E-state index in [0.717, 1.165) is 22.3 Å². The molecule has 0 spiro atoms. The molecule has 0 unspecified atom stereocenters. The highest BCUT2D eigenvalue weighted by molar-refractivity contribution is 6.07. The van der Waals surface area contributed by atoms with E-state index in [1.807, 2.05) is 52.0 Å². The third-order valence-electron chi connectivity index (χ3n) is 7.15. The Hall–Kier alpha value is -5.12. The van der Waals surface area contributed by atoms with E-state index >= 15 is 0 Å². The Morgan fingerprint density at radius 1 is 0.745 bits per heavy atom. The lowest BCUT2D eigenvalue weighted by Gasteiger charge is -2.30. The summed E-state index contributed by atoms with van der Waals surface area (Å²) in [6.45, 7) is 14.3. The molecule has 0 atom stereocenters. The smallest absolute Gasteiger partial charge is 0.410 e. The van der Waals surface area contributed by atoms with Gasteiger partial charge >= 0.3 is 12.2 Å². The topological polar surface area (TPSA) is 126 Å². The molecule has 10 nitrogen and oxygen atoms in total. The Morgan fingerprint density at radius 3 is 1.81 bits per heavy atom. The minimum atomic E-state index is -0.573. The van der Waals surface area contributed by atoms with Crippen LogP contribution in [0.15, 0.2) is 72.8 Å². The van der Waals surface area contributed by atoms with Crippen LogP contribution in [0.5, 0.6) is 0 Å². The second-order valence-corrected chi connectivity index (χ2v) is 13.5. The van der Waals surface area contributed by atoms with Crippen molar-refractivity contribution in [1.29, 1.82) is 0 Å². The highest BCUT2D eigenvalue weighted by atomic mass is 16.6. The molecule has 1 aliphatic heterocycles. The quantitative estimate of drug-likeness (QED) is 0.245. The number of aryl methyl sites for hydroxylation is 1. The number of hydrogen-bond donors (Lipinski definition) is 3. The van der Waals surface area contributed by atoms with Crippen molar-refractivity contribution in [1.82, 2.24) is 10.2 Å². The summed E-state index contributed by atoms with van der Waals surface area (Å²) in [5, 5.41) is 8.48. The zero-order valence-corrected chi connectivity index (χ0v) is 28.2.